The van der Waals surface area contributed by atoms with Gasteiger partial charge in [0.05, 0.1) is 6.54 Å². The first-order valence-corrected chi connectivity index (χ1v) is 5.91. The van der Waals surface area contributed by atoms with Crippen molar-refractivity contribution in [3.63, 3.8) is 0 Å². The molecule has 0 aromatic heterocycles. The van der Waals surface area contributed by atoms with E-state index in [0.29, 0.717) is 30.4 Å². The molecule has 4 N–H and O–H groups in total. The van der Waals surface area contributed by atoms with E-state index in [0.717, 1.165) is 0 Å². The van der Waals surface area contributed by atoms with Gasteiger partial charge in [0.25, 0.3) is 0 Å². The molecule has 108 valence electrons. The average molecular weight is 282 g/mol. The molecule has 20 heavy (non-hydrogen) atoms. The highest BCUT2D eigenvalue weighted by Crippen LogP contribution is 2.32. The lowest BCUT2D eigenvalue weighted by Crippen LogP contribution is -2.38. The van der Waals surface area contributed by atoms with Crippen molar-refractivity contribution in [1.82, 2.24) is 5.32 Å². The van der Waals surface area contributed by atoms with Gasteiger partial charge in [-0.1, -0.05) is 0 Å². The number of carbonyl (C=O) groups is 2. The number of ether oxygens (including phenoxy) is 2. The predicted octanol–water partition coefficient (Wildman–Crippen LogP) is 0.0248. The van der Waals surface area contributed by atoms with E-state index in [2.05, 4.69) is 10.6 Å². The van der Waals surface area contributed by atoms with Gasteiger partial charge in [0.1, 0.15) is 13.2 Å². The fourth-order valence-corrected chi connectivity index (χ4v) is 1.57. The lowest BCUT2D eigenvalue weighted by molar-refractivity contribution is -0.146. The number of nitrogens with one attached hydrogen (secondary N) is 2. The predicted molar refractivity (Wildman–Crippen MR) is 68.1 cm³/mol. The summed E-state index contributed by atoms with van der Waals surface area (Å²) in [5.74, 6) is -0.271. The fourth-order valence-electron chi connectivity index (χ4n) is 1.57. The van der Waals surface area contributed by atoms with Gasteiger partial charge in [-0.25, -0.2) is 9.59 Å². The van der Waals surface area contributed by atoms with E-state index < -0.39 is 18.1 Å². The lowest BCUT2D eigenvalue weighted by Gasteiger charge is -2.19. The molecule has 8 nitrogen and oxygen atoms in total. The van der Waals surface area contributed by atoms with Crippen LogP contribution in [0, 0.1) is 0 Å². The third-order valence-electron chi connectivity index (χ3n) is 2.54. The van der Waals surface area contributed by atoms with Crippen LogP contribution in [0.15, 0.2) is 18.2 Å². The summed E-state index contributed by atoms with van der Waals surface area (Å²) < 4.78 is 10.7. The number of amides is 2. The summed E-state index contributed by atoms with van der Waals surface area (Å²) in [4.78, 5) is 21.9. The first-order chi connectivity index (χ1) is 9.56. The van der Waals surface area contributed by atoms with Gasteiger partial charge in [-0.05, 0) is 12.1 Å². The minimum Gasteiger partial charge on any atom is -0.486 e. The van der Waals surface area contributed by atoms with E-state index in [1.165, 1.54) is 0 Å². The molecule has 0 spiro atoms. The smallest absolute Gasteiger partial charge is 0.334 e. The monoisotopic (exact) mass is 282 g/mol. The molecule has 1 aromatic rings. The molecule has 0 bridgehead atoms. The second-order valence-electron chi connectivity index (χ2n) is 4.05. The molecule has 1 atom stereocenters. The summed E-state index contributed by atoms with van der Waals surface area (Å²) in [6.07, 6.45) is -1.64. The van der Waals surface area contributed by atoms with E-state index in [1.54, 1.807) is 18.2 Å². The van der Waals surface area contributed by atoms with Crippen molar-refractivity contribution in [3.05, 3.63) is 18.2 Å². The zero-order valence-corrected chi connectivity index (χ0v) is 10.5. The summed E-state index contributed by atoms with van der Waals surface area (Å²) in [5, 5.41) is 22.2. The number of urea groups is 1. The molecule has 0 fully saturated rings. The summed E-state index contributed by atoms with van der Waals surface area (Å²) in [6, 6.07) is 4.26. The zero-order valence-electron chi connectivity index (χ0n) is 10.5. The fraction of sp³-hybridized carbons (Fsp3) is 0.333. The molecule has 0 unspecified atom stereocenters. The Morgan fingerprint density at radius 2 is 1.95 bits per heavy atom. The van der Waals surface area contributed by atoms with Crippen molar-refractivity contribution in [1.29, 1.82) is 0 Å². The van der Waals surface area contributed by atoms with E-state index >= 15 is 0 Å². The Bertz CT molecular complexity index is 519. The molecule has 1 aliphatic heterocycles. The minimum absolute atomic E-state index is 0.383. The average Bonchev–Trinajstić information content (AvgIpc) is 2.44. The molecule has 8 heteroatoms. The van der Waals surface area contributed by atoms with Crippen molar-refractivity contribution in [3.8, 4) is 11.5 Å². The molecule has 1 aromatic carbocycles. The number of carboxylic acid groups (broad SMARTS) is 1. The van der Waals surface area contributed by atoms with Crippen molar-refractivity contribution in [2.45, 2.75) is 6.10 Å². The van der Waals surface area contributed by atoms with Crippen LogP contribution in [0.25, 0.3) is 0 Å². The Kier molecular flexibility index (Phi) is 4.26. The van der Waals surface area contributed by atoms with Crippen molar-refractivity contribution >= 4 is 17.7 Å². The van der Waals surface area contributed by atoms with Crippen LogP contribution in [0.1, 0.15) is 0 Å². The molecular weight excluding hydrogens is 268 g/mol. The van der Waals surface area contributed by atoms with E-state index in [-0.39, 0.29) is 6.54 Å². The topological polar surface area (TPSA) is 117 Å². The number of fused-ring (bicyclic) bond motifs is 1. The van der Waals surface area contributed by atoms with Crippen molar-refractivity contribution < 1.29 is 29.3 Å². The number of benzene rings is 1. The van der Waals surface area contributed by atoms with Gasteiger partial charge in [-0.15, -0.1) is 0 Å². The van der Waals surface area contributed by atoms with Crippen LogP contribution < -0.4 is 20.1 Å². The van der Waals surface area contributed by atoms with Crippen molar-refractivity contribution in [2.24, 2.45) is 0 Å². The second-order valence-corrected chi connectivity index (χ2v) is 4.05. The Morgan fingerprint density at radius 3 is 2.65 bits per heavy atom. The highest BCUT2D eigenvalue weighted by Gasteiger charge is 2.15. The van der Waals surface area contributed by atoms with Crippen LogP contribution in [-0.2, 0) is 4.79 Å². The summed E-state index contributed by atoms with van der Waals surface area (Å²) in [6.45, 7) is 0.534. The molecule has 1 heterocycles. The van der Waals surface area contributed by atoms with Gasteiger partial charge in [0.15, 0.2) is 17.6 Å². The number of hydrogen-bond acceptors (Lipinski definition) is 5. The Balaban J connectivity index is 1.89. The van der Waals surface area contributed by atoms with Crippen molar-refractivity contribution in [2.75, 3.05) is 25.1 Å². The van der Waals surface area contributed by atoms with Crippen LogP contribution in [0.4, 0.5) is 10.5 Å². The summed E-state index contributed by atoms with van der Waals surface area (Å²) in [7, 11) is 0. The van der Waals surface area contributed by atoms with Gasteiger partial charge in [-0.3, -0.25) is 0 Å². The second kappa shape index (κ2) is 6.11. The lowest BCUT2D eigenvalue weighted by atomic mass is 10.2. The number of rotatable bonds is 4. The Labute approximate surface area is 114 Å². The minimum atomic E-state index is -1.64. The van der Waals surface area contributed by atoms with Gasteiger partial charge < -0.3 is 30.3 Å². The third kappa shape index (κ3) is 3.51. The highest BCUT2D eigenvalue weighted by molar-refractivity contribution is 5.90. The number of aliphatic hydroxyl groups is 1. The molecule has 0 aliphatic carbocycles. The molecule has 2 amide bonds. The zero-order chi connectivity index (χ0) is 14.5. The van der Waals surface area contributed by atoms with Gasteiger partial charge in [0.2, 0.25) is 0 Å². The number of anilines is 1. The largest absolute Gasteiger partial charge is 0.486 e. The van der Waals surface area contributed by atoms with Crippen LogP contribution in [0.5, 0.6) is 11.5 Å². The standard InChI is InChI=1S/C12H14N2O6/c15-8(11(16)17)6-13-12(18)14-7-1-2-9-10(5-7)20-4-3-19-9/h1-2,5,8,15H,3-4,6H2,(H,16,17)(H2,13,14,18)/t8-/m0/s1. The number of hydrogen-bond donors (Lipinski definition) is 4. The van der Waals surface area contributed by atoms with Gasteiger partial charge >= 0.3 is 12.0 Å². The first kappa shape index (κ1) is 13.9. The number of carbonyl (C=O) groups excluding carboxylic acids is 1. The van der Waals surface area contributed by atoms with E-state index in [1.807, 2.05) is 0 Å². The van der Waals surface area contributed by atoms with Crippen LogP contribution >= 0.6 is 0 Å². The van der Waals surface area contributed by atoms with E-state index in [9.17, 15) is 9.59 Å². The Morgan fingerprint density at radius 1 is 1.25 bits per heavy atom. The molecule has 1 aliphatic rings. The van der Waals surface area contributed by atoms with Gasteiger partial charge in [-0.2, -0.15) is 0 Å². The molecule has 2 rings (SSSR count). The molecule has 0 saturated carbocycles. The molecule has 0 saturated heterocycles. The van der Waals surface area contributed by atoms with Crippen LogP contribution in [0.3, 0.4) is 0 Å². The maximum absolute atomic E-state index is 11.5. The maximum Gasteiger partial charge on any atom is 0.334 e. The summed E-state index contributed by atoms with van der Waals surface area (Å²) >= 11 is 0. The quantitative estimate of drug-likeness (QED) is 0.618. The molecular formula is C12H14N2O6. The third-order valence-corrected chi connectivity index (χ3v) is 2.54. The number of aliphatic hydroxyl groups excluding tert-OH is 1. The van der Waals surface area contributed by atoms with E-state index in [4.69, 9.17) is 19.7 Å². The first-order valence-electron chi connectivity index (χ1n) is 5.91. The van der Waals surface area contributed by atoms with Gasteiger partial charge in [0, 0.05) is 11.8 Å². The highest BCUT2D eigenvalue weighted by atomic mass is 16.6. The summed E-state index contributed by atoms with van der Waals surface area (Å²) in [5.41, 5.74) is 0.469. The van der Waals surface area contributed by atoms with Crippen LogP contribution in [-0.4, -0.2) is 48.1 Å². The normalized spacial score (nSPS) is 14.2. The maximum atomic E-state index is 11.5. The number of aliphatic carboxylic acids is 1. The molecule has 0 radical (unpaired) electrons. The SMILES string of the molecule is O=C(NC[C@H](O)C(=O)O)Nc1ccc2c(c1)OCCO2. The Hall–Kier alpha value is -2.48. The number of carboxylic acids is 1. The van der Waals surface area contributed by atoms with Crippen LogP contribution in [0.2, 0.25) is 0 Å².